The number of hydrogen-bond acceptors (Lipinski definition) is 5. The Morgan fingerprint density at radius 2 is 2.00 bits per heavy atom. The molecule has 6 heteroatoms. The minimum Gasteiger partial charge on any atom is -0.464 e. The monoisotopic (exact) mass is 400 g/mol. The number of rotatable bonds is 5. The van der Waals surface area contributed by atoms with E-state index in [1.165, 1.54) is 18.4 Å². The van der Waals surface area contributed by atoms with Gasteiger partial charge in [-0.1, -0.05) is 6.07 Å². The van der Waals surface area contributed by atoms with Crippen LogP contribution in [0.5, 0.6) is 0 Å². The van der Waals surface area contributed by atoms with E-state index in [2.05, 4.69) is 30.1 Å². The van der Waals surface area contributed by atoms with Crippen molar-refractivity contribution in [3.05, 3.63) is 34.6 Å². The van der Waals surface area contributed by atoms with Crippen LogP contribution in [0, 0.1) is 20.8 Å². The van der Waals surface area contributed by atoms with Crippen LogP contribution < -0.4 is 5.32 Å². The minimum absolute atomic E-state index is 0.0869. The maximum atomic E-state index is 12.8. The van der Waals surface area contributed by atoms with E-state index in [9.17, 15) is 9.90 Å². The summed E-state index contributed by atoms with van der Waals surface area (Å²) >= 11 is 0. The zero-order valence-corrected chi connectivity index (χ0v) is 17.7. The number of furan rings is 1. The second-order valence-corrected chi connectivity index (χ2v) is 8.65. The average Bonchev–Trinajstić information content (AvgIpc) is 3.33. The molecular weight excluding hydrogens is 368 g/mol. The number of nitrogens with one attached hydrogen (secondary N) is 1. The standard InChI is InChI=1S/C23H32N2O4/c1-14-10-15(2)21-17(13-29-23(21)16(14)3)11-20(26)24-18-6-9-28-19(22(18)27)12-25-7-4-5-8-25/h10,13,18-19,22,27H,4-9,11-12H2,1-3H3,(H,24,26)/t18-,19+,22-/m0/s1. The van der Waals surface area contributed by atoms with Crippen molar-refractivity contribution in [1.82, 2.24) is 10.2 Å². The van der Waals surface area contributed by atoms with Gasteiger partial charge < -0.3 is 24.5 Å². The Morgan fingerprint density at radius 3 is 2.76 bits per heavy atom. The Bertz CT molecular complexity index is 885. The number of benzene rings is 1. The van der Waals surface area contributed by atoms with Crippen molar-refractivity contribution in [2.45, 2.75) is 64.7 Å². The molecule has 0 radical (unpaired) electrons. The molecule has 2 aromatic rings. The summed E-state index contributed by atoms with van der Waals surface area (Å²) in [6, 6.07) is 1.87. The fourth-order valence-corrected chi connectivity index (χ4v) is 4.76. The minimum atomic E-state index is -0.680. The fourth-order valence-electron chi connectivity index (χ4n) is 4.76. The third kappa shape index (κ3) is 4.20. The molecular formula is C23H32N2O4. The fraction of sp³-hybridized carbons (Fsp3) is 0.609. The first-order valence-electron chi connectivity index (χ1n) is 10.7. The van der Waals surface area contributed by atoms with Gasteiger partial charge in [-0.2, -0.15) is 0 Å². The number of aliphatic hydroxyl groups excluding tert-OH is 1. The molecule has 0 unspecified atom stereocenters. The van der Waals surface area contributed by atoms with Crippen LogP contribution >= 0.6 is 0 Å². The van der Waals surface area contributed by atoms with Crippen LogP contribution in [0.3, 0.4) is 0 Å². The number of ether oxygens (including phenoxy) is 1. The van der Waals surface area contributed by atoms with Crippen LogP contribution in [0.25, 0.3) is 11.0 Å². The Hall–Kier alpha value is -1.89. The number of hydrogen-bond donors (Lipinski definition) is 2. The molecule has 1 aromatic carbocycles. The van der Waals surface area contributed by atoms with E-state index < -0.39 is 6.10 Å². The molecule has 2 aliphatic heterocycles. The molecule has 0 bridgehead atoms. The SMILES string of the molecule is Cc1cc(C)c2c(CC(=O)N[C@H]3CCO[C@H](CN4CCCC4)[C@H]3O)coc2c1C. The second kappa shape index (κ2) is 8.46. The quantitative estimate of drug-likeness (QED) is 0.807. The van der Waals surface area contributed by atoms with Crippen molar-refractivity contribution < 1.29 is 19.1 Å². The van der Waals surface area contributed by atoms with Gasteiger partial charge in [-0.25, -0.2) is 0 Å². The van der Waals surface area contributed by atoms with Gasteiger partial charge in [0.1, 0.15) is 11.7 Å². The molecule has 158 valence electrons. The Morgan fingerprint density at radius 1 is 1.24 bits per heavy atom. The maximum Gasteiger partial charge on any atom is 0.224 e. The van der Waals surface area contributed by atoms with Crippen LogP contribution in [0.4, 0.5) is 0 Å². The van der Waals surface area contributed by atoms with Gasteiger partial charge in [0.2, 0.25) is 5.91 Å². The van der Waals surface area contributed by atoms with E-state index in [1.807, 2.05) is 6.92 Å². The Labute approximate surface area is 172 Å². The number of amides is 1. The van der Waals surface area contributed by atoms with Crippen molar-refractivity contribution >= 4 is 16.9 Å². The summed E-state index contributed by atoms with van der Waals surface area (Å²) in [6.45, 7) is 9.59. The highest BCUT2D eigenvalue weighted by molar-refractivity contribution is 5.92. The van der Waals surface area contributed by atoms with Gasteiger partial charge in [0.25, 0.3) is 0 Å². The predicted octanol–water partition coefficient (Wildman–Crippen LogP) is 2.63. The summed E-state index contributed by atoms with van der Waals surface area (Å²) in [5, 5.41) is 14.8. The summed E-state index contributed by atoms with van der Waals surface area (Å²) in [6.07, 6.45) is 4.07. The second-order valence-electron chi connectivity index (χ2n) is 8.65. The number of aryl methyl sites for hydroxylation is 3. The molecule has 0 saturated carbocycles. The summed E-state index contributed by atoms with van der Waals surface area (Å²) in [7, 11) is 0. The van der Waals surface area contributed by atoms with Crippen LogP contribution in [0.1, 0.15) is 41.5 Å². The molecule has 2 N–H and O–H groups in total. The number of likely N-dealkylation sites (tertiary alicyclic amines) is 1. The summed E-state index contributed by atoms with van der Waals surface area (Å²) in [4.78, 5) is 15.1. The number of fused-ring (bicyclic) bond motifs is 1. The number of carbonyl (C=O) groups excluding carboxylic acids is 1. The number of nitrogens with zero attached hydrogens (tertiary/aromatic N) is 1. The van der Waals surface area contributed by atoms with Crippen molar-refractivity contribution in [3.63, 3.8) is 0 Å². The highest BCUT2D eigenvalue weighted by Crippen LogP contribution is 2.30. The zero-order valence-electron chi connectivity index (χ0n) is 17.7. The molecule has 4 rings (SSSR count). The van der Waals surface area contributed by atoms with Gasteiger partial charge in [0.05, 0.1) is 24.8 Å². The van der Waals surface area contributed by atoms with Crippen LogP contribution in [0.2, 0.25) is 0 Å². The lowest BCUT2D eigenvalue weighted by molar-refractivity contribution is -0.128. The third-order valence-corrected chi connectivity index (χ3v) is 6.51. The van der Waals surface area contributed by atoms with Crippen molar-refractivity contribution in [2.24, 2.45) is 0 Å². The zero-order chi connectivity index (χ0) is 20.5. The van der Waals surface area contributed by atoms with Gasteiger partial charge >= 0.3 is 0 Å². The molecule has 1 amide bonds. The molecule has 0 spiro atoms. The Balaban J connectivity index is 1.41. The Kier molecular flexibility index (Phi) is 5.95. The first-order chi connectivity index (χ1) is 13.9. The van der Waals surface area contributed by atoms with E-state index >= 15 is 0 Å². The molecule has 3 atom stereocenters. The average molecular weight is 401 g/mol. The highest BCUT2D eigenvalue weighted by atomic mass is 16.5. The molecule has 6 nitrogen and oxygen atoms in total. The summed E-state index contributed by atoms with van der Waals surface area (Å²) < 4.78 is 11.6. The van der Waals surface area contributed by atoms with Crippen LogP contribution in [0.15, 0.2) is 16.7 Å². The van der Waals surface area contributed by atoms with Crippen LogP contribution in [-0.4, -0.2) is 60.4 Å². The molecule has 2 aliphatic rings. The van der Waals surface area contributed by atoms with Crippen LogP contribution in [-0.2, 0) is 16.0 Å². The normalized spacial score (nSPS) is 25.6. The first-order valence-corrected chi connectivity index (χ1v) is 10.7. The molecule has 29 heavy (non-hydrogen) atoms. The maximum absolute atomic E-state index is 12.8. The lowest BCUT2D eigenvalue weighted by Crippen LogP contribution is -2.56. The predicted molar refractivity (Wildman–Crippen MR) is 112 cm³/mol. The van der Waals surface area contributed by atoms with Crippen molar-refractivity contribution in [3.8, 4) is 0 Å². The van der Waals surface area contributed by atoms with Crippen molar-refractivity contribution in [2.75, 3.05) is 26.2 Å². The molecule has 3 heterocycles. The van der Waals surface area contributed by atoms with Gasteiger partial charge in [0, 0.05) is 24.1 Å². The van der Waals surface area contributed by atoms with Crippen molar-refractivity contribution in [1.29, 1.82) is 0 Å². The van der Waals surface area contributed by atoms with E-state index in [1.54, 1.807) is 6.26 Å². The van der Waals surface area contributed by atoms with Gasteiger partial charge in [-0.05, 0) is 69.8 Å². The molecule has 2 saturated heterocycles. The van der Waals surface area contributed by atoms with E-state index in [4.69, 9.17) is 9.15 Å². The number of carbonyl (C=O) groups is 1. The highest BCUT2D eigenvalue weighted by Gasteiger charge is 2.35. The third-order valence-electron chi connectivity index (χ3n) is 6.51. The van der Waals surface area contributed by atoms with Gasteiger partial charge in [0.15, 0.2) is 0 Å². The number of aliphatic hydroxyl groups is 1. The van der Waals surface area contributed by atoms with E-state index in [0.717, 1.165) is 47.3 Å². The molecule has 0 aliphatic carbocycles. The van der Waals surface area contributed by atoms with E-state index in [0.29, 0.717) is 13.0 Å². The first kappa shape index (κ1) is 20.4. The largest absolute Gasteiger partial charge is 0.464 e. The molecule has 1 aromatic heterocycles. The van der Waals surface area contributed by atoms with Gasteiger partial charge in [-0.3, -0.25) is 4.79 Å². The topological polar surface area (TPSA) is 74.9 Å². The summed E-state index contributed by atoms with van der Waals surface area (Å²) in [5.41, 5.74) is 5.18. The molecule has 2 fully saturated rings. The lowest BCUT2D eigenvalue weighted by Gasteiger charge is -2.37. The van der Waals surface area contributed by atoms with Gasteiger partial charge in [-0.15, -0.1) is 0 Å². The lowest BCUT2D eigenvalue weighted by atomic mass is 9.97. The smallest absolute Gasteiger partial charge is 0.224 e. The van der Waals surface area contributed by atoms with E-state index in [-0.39, 0.29) is 24.5 Å². The summed E-state index contributed by atoms with van der Waals surface area (Å²) in [5.74, 6) is -0.0869.